The summed E-state index contributed by atoms with van der Waals surface area (Å²) in [4.78, 5) is 28.9. The quantitative estimate of drug-likeness (QED) is 0.260. The van der Waals surface area contributed by atoms with Gasteiger partial charge in [-0.15, -0.1) is 0 Å². The van der Waals surface area contributed by atoms with Crippen LogP contribution in [0, 0.1) is 0 Å². The largest absolute Gasteiger partial charge is 0.466 e. The van der Waals surface area contributed by atoms with Gasteiger partial charge in [0, 0.05) is 53.8 Å². The maximum absolute atomic E-state index is 12.0. The number of benzene rings is 2. The Labute approximate surface area is 246 Å². The van der Waals surface area contributed by atoms with Gasteiger partial charge in [0.25, 0.3) is 0 Å². The van der Waals surface area contributed by atoms with E-state index < -0.39 is 0 Å². The standard InChI is InChI=1S/C35H46N2O4/c1-7-40-32(38)22-14-24-36-28-18-11-9-16-26(28)34(3,4)30(36)20-13-21-31-35(5,6)27-17-10-12-19-29(27)37(31)25-15-23-33(39)41-8-2/h9-13,16-21,30H,7-8,14-15,22-25H2,1-6H3. The molecule has 0 aromatic heterocycles. The van der Waals surface area contributed by atoms with Crippen LogP contribution < -0.4 is 9.80 Å². The third kappa shape index (κ3) is 6.37. The Morgan fingerprint density at radius 3 is 2.00 bits per heavy atom. The van der Waals surface area contributed by atoms with E-state index in [1.54, 1.807) is 0 Å². The molecule has 0 bridgehead atoms. The summed E-state index contributed by atoms with van der Waals surface area (Å²) in [6.07, 6.45) is 9.06. The topological polar surface area (TPSA) is 59.1 Å². The summed E-state index contributed by atoms with van der Waals surface area (Å²) in [5.74, 6) is -0.280. The van der Waals surface area contributed by atoms with Crippen LogP contribution in [0.5, 0.6) is 0 Å². The molecular formula is C35H46N2O4. The lowest BCUT2D eigenvalue weighted by molar-refractivity contribution is -0.144. The first-order valence-electron chi connectivity index (χ1n) is 15.1. The highest BCUT2D eigenvalue weighted by Crippen LogP contribution is 2.48. The van der Waals surface area contributed by atoms with Crippen LogP contribution in [-0.4, -0.2) is 44.3 Å². The van der Waals surface area contributed by atoms with E-state index in [2.05, 4.69) is 104 Å². The molecule has 6 nitrogen and oxygen atoms in total. The fourth-order valence-corrected chi connectivity index (χ4v) is 6.45. The van der Waals surface area contributed by atoms with Gasteiger partial charge >= 0.3 is 11.9 Å². The average Bonchev–Trinajstić information content (AvgIpc) is 3.28. The Balaban J connectivity index is 1.59. The number of fused-ring (bicyclic) bond motifs is 2. The lowest BCUT2D eigenvalue weighted by atomic mass is 9.80. The van der Waals surface area contributed by atoms with Crippen molar-refractivity contribution in [1.29, 1.82) is 0 Å². The maximum Gasteiger partial charge on any atom is 0.305 e. The molecule has 0 aliphatic carbocycles. The van der Waals surface area contributed by atoms with Gasteiger partial charge in [0.1, 0.15) is 0 Å². The normalized spacial score (nSPS) is 19.5. The number of nitrogens with zero attached hydrogens (tertiary/aromatic N) is 2. The Hall–Kier alpha value is -3.54. The molecule has 0 radical (unpaired) electrons. The van der Waals surface area contributed by atoms with Gasteiger partial charge in [-0.25, -0.2) is 0 Å². The van der Waals surface area contributed by atoms with Crippen molar-refractivity contribution in [3.05, 3.63) is 83.6 Å². The van der Waals surface area contributed by atoms with Crippen molar-refractivity contribution < 1.29 is 19.1 Å². The fraction of sp³-hybridized carbons (Fsp3) is 0.486. The lowest BCUT2D eigenvalue weighted by Crippen LogP contribution is -2.40. The number of rotatable bonds is 12. The van der Waals surface area contributed by atoms with Crippen molar-refractivity contribution in [3.8, 4) is 0 Å². The summed E-state index contributed by atoms with van der Waals surface area (Å²) >= 11 is 0. The van der Waals surface area contributed by atoms with Crippen LogP contribution in [0.15, 0.2) is 72.5 Å². The molecule has 0 fully saturated rings. The van der Waals surface area contributed by atoms with Gasteiger partial charge in [0.05, 0.1) is 19.3 Å². The van der Waals surface area contributed by atoms with E-state index >= 15 is 0 Å². The van der Waals surface area contributed by atoms with E-state index in [0.717, 1.165) is 25.9 Å². The van der Waals surface area contributed by atoms with Crippen molar-refractivity contribution in [2.45, 2.75) is 84.1 Å². The van der Waals surface area contributed by atoms with E-state index in [1.165, 1.54) is 28.2 Å². The zero-order chi connectivity index (χ0) is 29.6. The number of anilines is 2. The second-order valence-corrected chi connectivity index (χ2v) is 11.9. The first-order chi connectivity index (χ1) is 19.6. The van der Waals surface area contributed by atoms with Gasteiger partial charge in [0.2, 0.25) is 0 Å². The van der Waals surface area contributed by atoms with Crippen molar-refractivity contribution >= 4 is 23.3 Å². The van der Waals surface area contributed by atoms with Gasteiger partial charge in [-0.1, -0.05) is 76.2 Å². The number of para-hydroxylation sites is 2. The molecule has 2 heterocycles. The number of carbonyl (C=O) groups excluding carboxylic acids is 2. The zero-order valence-corrected chi connectivity index (χ0v) is 25.6. The second kappa shape index (κ2) is 13.0. The van der Waals surface area contributed by atoms with Gasteiger partial charge in [-0.3, -0.25) is 9.59 Å². The third-order valence-electron chi connectivity index (χ3n) is 8.48. The van der Waals surface area contributed by atoms with E-state index in [4.69, 9.17) is 9.47 Å². The highest BCUT2D eigenvalue weighted by Gasteiger charge is 2.43. The summed E-state index contributed by atoms with van der Waals surface area (Å²) in [6, 6.07) is 17.3. The van der Waals surface area contributed by atoms with E-state index in [1.807, 2.05) is 13.8 Å². The summed E-state index contributed by atoms with van der Waals surface area (Å²) in [5, 5.41) is 0. The summed E-state index contributed by atoms with van der Waals surface area (Å²) in [6.45, 7) is 15.2. The molecule has 2 aliphatic rings. The maximum atomic E-state index is 12.0. The van der Waals surface area contributed by atoms with Gasteiger partial charge in [-0.05, 0) is 56.0 Å². The first kappa shape index (κ1) is 30.4. The van der Waals surface area contributed by atoms with Crippen molar-refractivity contribution in [1.82, 2.24) is 0 Å². The minimum absolute atomic E-state index is 0.0942. The average molecular weight is 559 g/mol. The molecule has 6 heteroatoms. The van der Waals surface area contributed by atoms with Crippen LogP contribution in [0.2, 0.25) is 0 Å². The predicted octanol–water partition coefficient (Wildman–Crippen LogP) is 7.08. The third-order valence-corrected chi connectivity index (χ3v) is 8.48. The number of allylic oxidation sites excluding steroid dienone is 3. The van der Waals surface area contributed by atoms with Crippen LogP contribution >= 0.6 is 0 Å². The van der Waals surface area contributed by atoms with Crippen LogP contribution in [0.1, 0.15) is 78.4 Å². The van der Waals surface area contributed by atoms with Crippen LogP contribution in [-0.2, 0) is 29.9 Å². The fourth-order valence-electron chi connectivity index (χ4n) is 6.45. The van der Waals surface area contributed by atoms with Gasteiger partial charge in [-0.2, -0.15) is 0 Å². The minimum atomic E-state index is -0.168. The minimum Gasteiger partial charge on any atom is -0.466 e. The number of hydrogen-bond acceptors (Lipinski definition) is 6. The Morgan fingerprint density at radius 1 is 0.805 bits per heavy atom. The first-order valence-corrected chi connectivity index (χ1v) is 15.1. The Kier molecular flexibility index (Phi) is 9.62. The van der Waals surface area contributed by atoms with Crippen LogP contribution in [0.4, 0.5) is 11.4 Å². The second-order valence-electron chi connectivity index (χ2n) is 11.9. The van der Waals surface area contributed by atoms with Crippen LogP contribution in [0.25, 0.3) is 0 Å². The molecular weight excluding hydrogens is 512 g/mol. The molecule has 1 unspecified atom stereocenters. The van der Waals surface area contributed by atoms with E-state index in [9.17, 15) is 9.59 Å². The number of ether oxygens (including phenoxy) is 2. The number of carbonyl (C=O) groups is 2. The summed E-state index contributed by atoms with van der Waals surface area (Å²) in [7, 11) is 0. The molecule has 4 rings (SSSR count). The van der Waals surface area contributed by atoms with Crippen molar-refractivity contribution in [2.75, 3.05) is 36.1 Å². The molecule has 220 valence electrons. The molecule has 2 aromatic rings. The molecule has 2 aromatic carbocycles. The monoisotopic (exact) mass is 558 g/mol. The van der Waals surface area contributed by atoms with Crippen molar-refractivity contribution in [3.63, 3.8) is 0 Å². The SMILES string of the molecule is CCOC(=O)CCCN1C(=CC=CC2N(CCCC(=O)OCC)c3ccccc3C2(C)C)C(C)(C)c2ccccc21. The molecule has 0 spiro atoms. The van der Waals surface area contributed by atoms with Gasteiger partial charge < -0.3 is 19.3 Å². The molecule has 41 heavy (non-hydrogen) atoms. The zero-order valence-electron chi connectivity index (χ0n) is 25.6. The molecule has 0 N–H and O–H groups in total. The highest BCUT2D eigenvalue weighted by molar-refractivity contribution is 5.72. The predicted molar refractivity (Wildman–Crippen MR) is 166 cm³/mol. The molecule has 0 amide bonds. The highest BCUT2D eigenvalue weighted by atomic mass is 16.5. The summed E-state index contributed by atoms with van der Waals surface area (Å²) < 4.78 is 10.3. The molecule has 2 aliphatic heterocycles. The smallest absolute Gasteiger partial charge is 0.305 e. The van der Waals surface area contributed by atoms with E-state index in [0.29, 0.717) is 26.1 Å². The molecule has 0 saturated carbocycles. The van der Waals surface area contributed by atoms with Gasteiger partial charge in [0.15, 0.2) is 0 Å². The lowest BCUT2D eigenvalue weighted by Gasteiger charge is -2.32. The summed E-state index contributed by atoms with van der Waals surface area (Å²) in [5.41, 5.74) is 6.02. The molecule has 1 atom stereocenters. The van der Waals surface area contributed by atoms with Crippen molar-refractivity contribution in [2.24, 2.45) is 0 Å². The van der Waals surface area contributed by atoms with Crippen LogP contribution in [0.3, 0.4) is 0 Å². The Morgan fingerprint density at radius 2 is 1.37 bits per heavy atom. The number of esters is 2. The Bertz CT molecular complexity index is 1290. The molecule has 0 saturated heterocycles. The van der Waals surface area contributed by atoms with E-state index in [-0.39, 0.29) is 28.8 Å². The number of hydrogen-bond donors (Lipinski definition) is 0.